The molecule has 0 aliphatic carbocycles. The summed E-state index contributed by atoms with van der Waals surface area (Å²) in [5.41, 5.74) is 3.02. The van der Waals surface area contributed by atoms with Crippen LogP contribution in [0, 0.1) is 13.8 Å². The van der Waals surface area contributed by atoms with Crippen LogP contribution >= 0.6 is 11.6 Å². The van der Waals surface area contributed by atoms with Crippen LogP contribution in [0.2, 0.25) is 5.02 Å². The van der Waals surface area contributed by atoms with E-state index in [0.717, 1.165) is 11.3 Å². The van der Waals surface area contributed by atoms with Crippen LogP contribution in [0.3, 0.4) is 0 Å². The summed E-state index contributed by atoms with van der Waals surface area (Å²) in [6.45, 7) is 5.92. The molecule has 1 amide bonds. The molecule has 22 heavy (non-hydrogen) atoms. The molecule has 0 unspecified atom stereocenters. The Morgan fingerprint density at radius 3 is 2.45 bits per heavy atom. The minimum absolute atomic E-state index is 0.149. The minimum atomic E-state index is -0.540. The van der Waals surface area contributed by atoms with Crippen molar-refractivity contribution in [3.8, 4) is 5.75 Å². The molecule has 2 rings (SSSR count). The first-order chi connectivity index (χ1) is 10.5. The van der Waals surface area contributed by atoms with Crippen molar-refractivity contribution in [2.45, 2.75) is 33.3 Å². The van der Waals surface area contributed by atoms with E-state index in [1.807, 2.05) is 39.0 Å². The zero-order valence-corrected chi connectivity index (χ0v) is 13.8. The van der Waals surface area contributed by atoms with Gasteiger partial charge in [-0.2, -0.15) is 0 Å². The second-order valence-electron chi connectivity index (χ2n) is 5.28. The Bertz CT molecular complexity index is 653. The maximum atomic E-state index is 12.4. The number of anilines is 1. The summed E-state index contributed by atoms with van der Waals surface area (Å²) in [6.07, 6.45) is 0.0428. The Morgan fingerprint density at radius 2 is 1.86 bits per heavy atom. The third-order valence-corrected chi connectivity index (χ3v) is 3.65. The largest absolute Gasteiger partial charge is 0.481 e. The minimum Gasteiger partial charge on any atom is -0.481 e. The molecule has 0 aromatic heterocycles. The fourth-order valence-electron chi connectivity index (χ4n) is 2.17. The van der Waals surface area contributed by atoms with Gasteiger partial charge in [0.15, 0.2) is 6.10 Å². The summed E-state index contributed by atoms with van der Waals surface area (Å²) in [5.74, 6) is 0.483. The van der Waals surface area contributed by atoms with Gasteiger partial charge in [0.2, 0.25) is 0 Å². The molecule has 0 spiro atoms. The fourth-order valence-corrected chi connectivity index (χ4v) is 2.29. The van der Waals surface area contributed by atoms with Crippen molar-refractivity contribution in [1.29, 1.82) is 0 Å². The second-order valence-corrected chi connectivity index (χ2v) is 5.71. The highest BCUT2D eigenvalue weighted by atomic mass is 35.5. The molecule has 0 aliphatic rings. The highest BCUT2D eigenvalue weighted by molar-refractivity contribution is 6.30. The van der Waals surface area contributed by atoms with E-state index in [2.05, 4.69) is 5.32 Å². The third-order valence-electron chi connectivity index (χ3n) is 3.39. The number of rotatable bonds is 5. The van der Waals surface area contributed by atoms with Gasteiger partial charge in [0.05, 0.1) is 0 Å². The topological polar surface area (TPSA) is 38.3 Å². The van der Waals surface area contributed by atoms with Crippen molar-refractivity contribution < 1.29 is 9.53 Å². The highest BCUT2D eigenvalue weighted by Gasteiger charge is 2.19. The normalized spacial score (nSPS) is 11.8. The van der Waals surface area contributed by atoms with Gasteiger partial charge >= 0.3 is 0 Å². The van der Waals surface area contributed by atoms with Crippen LogP contribution in [0.15, 0.2) is 42.5 Å². The van der Waals surface area contributed by atoms with Crippen molar-refractivity contribution in [3.05, 3.63) is 58.6 Å². The van der Waals surface area contributed by atoms with Crippen LogP contribution in [0.5, 0.6) is 5.75 Å². The standard InChI is InChI=1S/C18H20ClNO2/c1-4-17(22-15-8-6-14(19)7-9-15)18(21)20-16-10-5-12(2)11-13(16)3/h5-11,17H,4H2,1-3H3,(H,20,21)/t17-/m0/s1. The Hall–Kier alpha value is -2.00. The van der Waals surface area contributed by atoms with Crippen molar-refractivity contribution in [3.63, 3.8) is 0 Å². The number of hydrogen-bond acceptors (Lipinski definition) is 2. The van der Waals surface area contributed by atoms with Gasteiger partial charge in [-0.25, -0.2) is 0 Å². The number of carbonyl (C=O) groups is 1. The van der Waals surface area contributed by atoms with Crippen LogP contribution in [0.1, 0.15) is 24.5 Å². The lowest BCUT2D eigenvalue weighted by atomic mass is 10.1. The van der Waals surface area contributed by atoms with Gasteiger partial charge in [0.25, 0.3) is 5.91 Å². The Balaban J connectivity index is 2.06. The molecule has 4 heteroatoms. The van der Waals surface area contributed by atoms with E-state index in [-0.39, 0.29) is 5.91 Å². The van der Waals surface area contributed by atoms with Crippen LogP contribution in [0.4, 0.5) is 5.69 Å². The monoisotopic (exact) mass is 317 g/mol. The number of nitrogens with one attached hydrogen (secondary N) is 1. The molecule has 0 fully saturated rings. The first kappa shape index (κ1) is 16.4. The maximum Gasteiger partial charge on any atom is 0.265 e. The van der Waals surface area contributed by atoms with Gasteiger partial charge < -0.3 is 10.1 Å². The summed E-state index contributed by atoms with van der Waals surface area (Å²) < 4.78 is 5.75. The third kappa shape index (κ3) is 4.25. The van der Waals surface area contributed by atoms with E-state index >= 15 is 0 Å². The van der Waals surface area contributed by atoms with Gasteiger partial charge in [0, 0.05) is 10.7 Å². The highest BCUT2D eigenvalue weighted by Crippen LogP contribution is 2.20. The van der Waals surface area contributed by atoms with Gasteiger partial charge in [0.1, 0.15) is 5.75 Å². The lowest BCUT2D eigenvalue weighted by molar-refractivity contribution is -0.122. The number of hydrogen-bond donors (Lipinski definition) is 1. The average molecular weight is 318 g/mol. The summed E-state index contributed by atoms with van der Waals surface area (Å²) in [7, 11) is 0. The number of aryl methyl sites for hydroxylation is 2. The Kier molecular flexibility index (Phi) is 5.45. The number of carbonyl (C=O) groups excluding carboxylic acids is 1. The van der Waals surface area contributed by atoms with Crippen LogP contribution < -0.4 is 10.1 Å². The van der Waals surface area contributed by atoms with E-state index in [1.165, 1.54) is 5.56 Å². The molecule has 0 radical (unpaired) electrons. The van der Waals surface area contributed by atoms with Crippen molar-refractivity contribution in [2.24, 2.45) is 0 Å². The lowest BCUT2D eigenvalue weighted by Gasteiger charge is -2.18. The van der Waals surface area contributed by atoms with Gasteiger partial charge in [-0.1, -0.05) is 36.2 Å². The maximum absolute atomic E-state index is 12.4. The quantitative estimate of drug-likeness (QED) is 0.864. The van der Waals surface area contributed by atoms with Crippen molar-refractivity contribution in [1.82, 2.24) is 0 Å². The molecule has 1 atom stereocenters. The number of amides is 1. The number of halogens is 1. The number of ether oxygens (including phenoxy) is 1. The first-order valence-corrected chi connectivity index (χ1v) is 7.67. The molecule has 2 aromatic carbocycles. The predicted molar refractivity (Wildman–Crippen MR) is 90.7 cm³/mol. The molecule has 1 N–H and O–H groups in total. The second kappa shape index (κ2) is 7.32. The molecule has 2 aromatic rings. The van der Waals surface area contributed by atoms with E-state index in [0.29, 0.717) is 17.2 Å². The molecular weight excluding hydrogens is 298 g/mol. The van der Waals surface area contributed by atoms with E-state index in [1.54, 1.807) is 24.3 Å². The number of benzene rings is 2. The first-order valence-electron chi connectivity index (χ1n) is 7.30. The van der Waals surface area contributed by atoms with Gasteiger partial charge in [-0.15, -0.1) is 0 Å². The van der Waals surface area contributed by atoms with Gasteiger partial charge in [-0.3, -0.25) is 4.79 Å². The lowest BCUT2D eigenvalue weighted by Crippen LogP contribution is -2.32. The zero-order chi connectivity index (χ0) is 16.1. The van der Waals surface area contributed by atoms with Crippen LogP contribution in [-0.4, -0.2) is 12.0 Å². The van der Waals surface area contributed by atoms with E-state index in [9.17, 15) is 4.79 Å². The molecular formula is C18H20ClNO2. The summed E-state index contributed by atoms with van der Waals surface area (Å²) in [4.78, 5) is 12.4. The molecule has 116 valence electrons. The average Bonchev–Trinajstić information content (AvgIpc) is 2.49. The SMILES string of the molecule is CC[C@H](Oc1ccc(Cl)cc1)C(=O)Nc1ccc(C)cc1C. The predicted octanol–water partition coefficient (Wildman–Crippen LogP) is 4.75. The Morgan fingerprint density at radius 1 is 1.18 bits per heavy atom. The molecule has 0 bridgehead atoms. The summed E-state index contributed by atoms with van der Waals surface area (Å²) >= 11 is 5.85. The van der Waals surface area contributed by atoms with Gasteiger partial charge in [-0.05, 0) is 56.2 Å². The van der Waals surface area contributed by atoms with Crippen LogP contribution in [-0.2, 0) is 4.79 Å². The molecule has 0 saturated carbocycles. The van der Waals surface area contributed by atoms with Crippen LogP contribution in [0.25, 0.3) is 0 Å². The summed E-state index contributed by atoms with van der Waals surface area (Å²) in [5, 5.41) is 3.57. The van der Waals surface area contributed by atoms with Crippen molar-refractivity contribution >= 4 is 23.2 Å². The fraction of sp³-hybridized carbons (Fsp3) is 0.278. The molecule has 0 saturated heterocycles. The van der Waals surface area contributed by atoms with E-state index < -0.39 is 6.10 Å². The Labute approximate surface area is 136 Å². The molecule has 3 nitrogen and oxygen atoms in total. The van der Waals surface area contributed by atoms with E-state index in [4.69, 9.17) is 16.3 Å². The summed E-state index contributed by atoms with van der Waals surface area (Å²) in [6, 6.07) is 12.9. The van der Waals surface area contributed by atoms with Crippen molar-refractivity contribution in [2.75, 3.05) is 5.32 Å². The smallest absolute Gasteiger partial charge is 0.265 e. The molecule has 0 aliphatic heterocycles. The molecule has 0 heterocycles. The zero-order valence-electron chi connectivity index (χ0n) is 13.0.